The lowest BCUT2D eigenvalue weighted by Gasteiger charge is -2.16. The number of para-hydroxylation sites is 1. The van der Waals surface area contributed by atoms with Crippen LogP contribution in [0.5, 0.6) is 0 Å². The highest BCUT2D eigenvalue weighted by Gasteiger charge is 2.16. The van der Waals surface area contributed by atoms with Crippen molar-refractivity contribution in [2.24, 2.45) is 0 Å². The maximum absolute atomic E-state index is 12.8. The van der Waals surface area contributed by atoms with Gasteiger partial charge < -0.3 is 10.6 Å². The number of thioether (sulfide) groups is 1. The van der Waals surface area contributed by atoms with Crippen LogP contribution in [0, 0.1) is 10.1 Å². The van der Waals surface area contributed by atoms with Crippen molar-refractivity contribution in [1.29, 1.82) is 0 Å². The van der Waals surface area contributed by atoms with Crippen LogP contribution in [0.1, 0.15) is 34.5 Å². The minimum atomic E-state index is -0.446. The molecule has 3 rings (SSSR count). The number of nitrogens with zero attached hydrogens (tertiary/aromatic N) is 1. The van der Waals surface area contributed by atoms with Gasteiger partial charge in [-0.15, -0.1) is 11.8 Å². The molecule has 0 aromatic heterocycles. The number of carbonyl (C=O) groups excluding carboxylic acids is 2. The zero-order valence-electron chi connectivity index (χ0n) is 17.5. The van der Waals surface area contributed by atoms with E-state index < -0.39 is 4.92 Å². The second-order valence-electron chi connectivity index (χ2n) is 7.12. The summed E-state index contributed by atoms with van der Waals surface area (Å²) < 4.78 is 0. The molecule has 0 bridgehead atoms. The molecular weight excluding hydrogens is 426 g/mol. The fourth-order valence-electron chi connectivity index (χ4n) is 3.05. The molecule has 3 aromatic carbocycles. The van der Waals surface area contributed by atoms with E-state index in [2.05, 4.69) is 10.6 Å². The van der Waals surface area contributed by atoms with Gasteiger partial charge in [0.2, 0.25) is 5.91 Å². The Morgan fingerprint density at radius 3 is 2.31 bits per heavy atom. The van der Waals surface area contributed by atoms with Crippen molar-refractivity contribution in [3.63, 3.8) is 0 Å². The maximum atomic E-state index is 12.8. The Balaban J connectivity index is 1.55. The Bertz CT molecular complexity index is 1090. The average molecular weight is 450 g/mol. The van der Waals surface area contributed by atoms with Gasteiger partial charge in [-0.25, -0.2) is 0 Å². The minimum absolute atomic E-state index is 0.0351. The molecule has 164 valence electrons. The average Bonchev–Trinajstić information content (AvgIpc) is 2.80. The molecule has 0 aliphatic heterocycles. The molecule has 8 heteroatoms. The Morgan fingerprint density at radius 2 is 1.62 bits per heavy atom. The SMILES string of the molecule is CC(NC(=O)c1ccccc1NC(=O)CSCc1ccc([N+](=O)[O-])cc1)c1ccccc1. The van der Waals surface area contributed by atoms with E-state index >= 15 is 0 Å². The van der Waals surface area contributed by atoms with Gasteiger partial charge in [0, 0.05) is 17.9 Å². The molecule has 0 spiro atoms. The zero-order chi connectivity index (χ0) is 22.9. The van der Waals surface area contributed by atoms with Crippen LogP contribution >= 0.6 is 11.8 Å². The number of nitro groups is 1. The molecule has 0 aliphatic carbocycles. The highest BCUT2D eigenvalue weighted by molar-refractivity contribution is 7.99. The Kier molecular flexibility index (Phi) is 7.99. The summed E-state index contributed by atoms with van der Waals surface area (Å²) in [5.41, 5.74) is 2.76. The molecule has 2 amide bonds. The van der Waals surface area contributed by atoms with Gasteiger partial charge in [0.25, 0.3) is 11.6 Å². The number of benzene rings is 3. The number of hydrogen-bond acceptors (Lipinski definition) is 5. The third kappa shape index (κ3) is 6.42. The fourth-order valence-corrected chi connectivity index (χ4v) is 3.84. The standard InChI is InChI=1S/C24H23N3O4S/c1-17(19-7-3-2-4-8-19)25-24(29)21-9-5-6-10-22(21)26-23(28)16-32-15-18-11-13-20(14-12-18)27(30)31/h2-14,17H,15-16H2,1H3,(H,25,29)(H,26,28). The van der Waals surface area contributed by atoms with Crippen LogP contribution in [-0.4, -0.2) is 22.5 Å². The number of anilines is 1. The second kappa shape index (κ2) is 11.1. The summed E-state index contributed by atoms with van der Waals surface area (Å²) in [4.78, 5) is 35.5. The summed E-state index contributed by atoms with van der Waals surface area (Å²) in [5, 5.41) is 16.5. The molecule has 3 aromatic rings. The predicted molar refractivity (Wildman–Crippen MR) is 127 cm³/mol. The number of hydrogen-bond donors (Lipinski definition) is 2. The van der Waals surface area contributed by atoms with E-state index in [1.54, 1.807) is 36.4 Å². The first-order chi connectivity index (χ1) is 15.4. The molecule has 2 N–H and O–H groups in total. The highest BCUT2D eigenvalue weighted by Crippen LogP contribution is 2.20. The number of carbonyl (C=O) groups is 2. The molecule has 0 fully saturated rings. The van der Waals surface area contributed by atoms with Crippen molar-refractivity contribution < 1.29 is 14.5 Å². The summed E-state index contributed by atoms with van der Waals surface area (Å²) in [6.45, 7) is 1.91. The maximum Gasteiger partial charge on any atom is 0.269 e. The first kappa shape index (κ1) is 23.0. The first-order valence-corrected chi connectivity index (χ1v) is 11.2. The van der Waals surface area contributed by atoms with Crippen molar-refractivity contribution in [3.8, 4) is 0 Å². The zero-order valence-corrected chi connectivity index (χ0v) is 18.3. The molecule has 32 heavy (non-hydrogen) atoms. The van der Waals surface area contributed by atoms with Gasteiger partial charge in [0.05, 0.1) is 28.0 Å². The van der Waals surface area contributed by atoms with Crippen LogP contribution in [0.2, 0.25) is 0 Å². The number of non-ortho nitro benzene ring substituents is 1. The van der Waals surface area contributed by atoms with Crippen molar-refractivity contribution in [2.75, 3.05) is 11.1 Å². The Morgan fingerprint density at radius 1 is 0.969 bits per heavy atom. The van der Waals surface area contributed by atoms with E-state index in [-0.39, 0.29) is 29.3 Å². The molecule has 0 aliphatic rings. The van der Waals surface area contributed by atoms with Gasteiger partial charge in [-0.05, 0) is 30.2 Å². The molecule has 0 saturated heterocycles. The number of nitrogens with one attached hydrogen (secondary N) is 2. The summed E-state index contributed by atoms with van der Waals surface area (Å²) in [7, 11) is 0. The summed E-state index contributed by atoms with van der Waals surface area (Å²) >= 11 is 1.39. The first-order valence-electron chi connectivity index (χ1n) is 10.00. The van der Waals surface area contributed by atoms with Gasteiger partial charge >= 0.3 is 0 Å². The van der Waals surface area contributed by atoms with Crippen molar-refractivity contribution in [2.45, 2.75) is 18.7 Å². The largest absolute Gasteiger partial charge is 0.345 e. The lowest BCUT2D eigenvalue weighted by Crippen LogP contribution is -2.28. The van der Waals surface area contributed by atoms with Gasteiger partial charge in [-0.1, -0.05) is 54.6 Å². The van der Waals surface area contributed by atoms with Crippen LogP contribution in [0.3, 0.4) is 0 Å². The molecular formula is C24H23N3O4S. The summed E-state index contributed by atoms with van der Waals surface area (Å²) in [6, 6.07) is 22.6. The van der Waals surface area contributed by atoms with Crippen molar-refractivity contribution in [1.82, 2.24) is 5.32 Å². The second-order valence-corrected chi connectivity index (χ2v) is 8.10. The molecule has 1 atom stereocenters. The fraction of sp³-hybridized carbons (Fsp3) is 0.167. The van der Waals surface area contributed by atoms with Crippen LogP contribution in [0.25, 0.3) is 0 Å². The van der Waals surface area contributed by atoms with Crippen LogP contribution in [0.4, 0.5) is 11.4 Å². The smallest absolute Gasteiger partial charge is 0.269 e. The van der Waals surface area contributed by atoms with Gasteiger partial charge in [-0.2, -0.15) is 0 Å². The molecule has 1 unspecified atom stereocenters. The normalized spacial score (nSPS) is 11.4. The monoisotopic (exact) mass is 449 g/mol. The molecule has 0 radical (unpaired) electrons. The lowest BCUT2D eigenvalue weighted by molar-refractivity contribution is -0.384. The van der Waals surface area contributed by atoms with Gasteiger partial charge in [0.1, 0.15) is 0 Å². The number of nitro benzene ring substituents is 1. The summed E-state index contributed by atoms with van der Waals surface area (Å²) in [5.74, 6) is 0.235. The van der Waals surface area contributed by atoms with E-state index in [4.69, 9.17) is 0 Å². The number of amides is 2. The topological polar surface area (TPSA) is 101 Å². The van der Waals surface area contributed by atoms with E-state index in [0.717, 1.165) is 11.1 Å². The van der Waals surface area contributed by atoms with E-state index in [1.807, 2.05) is 37.3 Å². The Hall–Kier alpha value is -3.65. The van der Waals surface area contributed by atoms with Gasteiger partial charge in [-0.3, -0.25) is 19.7 Å². The minimum Gasteiger partial charge on any atom is -0.345 e. The third-order valence-corrected chi connectivity index (χ3v) is 5.75. The van der Waals surface area contributed by atoms with E-state index in [9.17, 15) is 19.7 Å². The Labute approximate surface area is 190 Å². The van der Waals surface area contributed by atoms with Crippen LogP contribution < -0.4 is 10.6 Å². The van der Waals surface area contributed by atoms with Crippen LogP contribution in [0.15, 0.2) is 78.9 Å². The summed E-state index contributed by atoms with van der Waals surface area (Å²) in [6.07, 6.45) is 0. The van der Waals surface area contributed by atoms with Crippen LogP contribution in [-0.2, 0) is 10.5 Å². The van der Waals surface area contributed by atoms with Crippen molar-refractivity contribution >= 4 is 35.0 Å². The number of rotatable bonds is 9. The van der Waals surface area contributed by atoms with E-state index in [0.29, 0.717) is 17.0 Å². The molecule has 0 heterocycles. The van der Waals surface area contributed by atoms with Gasteiger partial charge in [0.15, 0.2) is 0 Å². The van der Waals surface area contributed by atoms with E-state index in [1.165, 1.54) is 23.9 Å². The van der Waals surface area contributed by atoms with Crippen molar-refractivity contribution in [3.05, 3.63) is 106 Å². The highest BCUT2D eigenvalue weighted by atomic mass is 32.2. The predicted octanol–water partition coefficient (Wildman–Crippen LogP) is 4.96. The quantitative estimate of drug-likeness (QED) is 0.355. The third-order valence-electron chi connectivity index (χ3n) is 4.74. The lowest BCUT2D eigenvalue weighted by atomic mass is 10.1. The molecule has 0 saturated carbocycles. The molecule has 7 nitrogen and oxygen atoms in total.